The molecule has 1 amide bonds. The molecular weight excluding hydrogens is 356 g/mol. The van der Waals surface area contributed by atoms with Crippen molar-refractivity contribution in [2.24, 2.45) is 5.73 Å². The zero-order valence-electron chi connectivity index (χ0n) is 14.9. The van der Waals surface area contributed by atoms with E-state index in [1.807, 2.05) is 31.2 Å². The quantitative estimate of drug-likeness (QED) is 0.694. The summed E-state index contributed by atoms with van der Waals surface area (Å²) in [5.41, 5.74) is 6.21. The summed E-state index contributed by atoms with van der Waals surface area (Å²) in [6.07, 6.45) is -0.0560. The van der Waals surface area contributed by atoms with Gasteiger partial charge in [0.1, 0.15) is 17.2 Å². The molecular formula is C19H25ClN2O4. The number of benzene rings is 2. The lowest BCUT2D eigenvalue weighted by Crippen LogP contribution is -2.28. The molecule has 0 aromatic heterocycles. The lowest BCUT2D eigenvalue weighted by Gasteiger charge is -2.13. The maximum absolute atomic E-state index is 11.9. The SMILES string of the molecule is CCOc1ccc(Oc2ccc(NC(=O)CC(CN)OC)cc2)cc1.Cl. The van der Waals surface area contributed by atoms with Crippen LogP contribution >= 0.6 is 12.4 Å². The molecule has 142 valence electrons. The topological polar surface area (TPSA) is 82.8 Å². The predicted molar refractivity (Wildman–Crippen MR) is 104 cm³/mol. The van der Waals surface area contributed by atoms with E-state index in [9.17, 15) is 4.79 Å². The van der Waals surface area contributed by atoms with Gasteiger partial charge in [0.25, 0.3) is 0 Å². The molecule has 0 saturated carbocycles. The largest absolute Gasteiger partial charge is 0.494 e. The summed E-state index contributed by atoms with van der Waals surface area (Å²) in [6, 6.07) is 14.6. The van der Waals surface area contributed by atoms with Gasteiger partial charge in [0.2, 0.25) is 5.91 Å². The van der Waals surface area contributed by atoms with Crippen molar-refractivity contribution >= 4 is 24.0 Å². The van der Waals surface area contributed by atoms with E-state index >= 15 is 0 Å². The average molecular weight is 381 g/mol. The van der Waals surface area contributed by atoms with Crippen molar-refractivity contribution in [2.45, 2.75) is 19.4 Å². The van der Waals surface area contributed by atoms with Gasteiger partial charge in [0.15, 0.2) is 0 Å². The number of hydrogen-bond acceptors (Lipinski definition) is 5. The fourth-order valence-electron chi connectivity index (χ4n) is 2.19. The van der Waals surface area contributed by atoms with E-state index in [0.717, 1.165) is 5.75 Å². The lowest BCUT2D eigenvalue weighted by atomic mass is 10.2. The molecule has 7 heteroatoms. The van der Waals surface area contributed by atoms with Crippen LogP contribution < -0.4 is 20.5 Å². The Morgan fingerprint density at radius 3 is 2.08 bits per heavy atom. The van der Waals surface area contributed by atoms with Crippen molar-refractivity contribution < 1.29 is 19.0 Å². The van der Waals surface area contributed by atoms with Crippen molar-refractivity contribution in [2.75, 3.05) is 25.6 Å². The third kappa shape index (κ3) is 6.92. The molecule has 2 aromatic rings. The molecule has 3 N–H and O–H groups in total. The molecule has 0 radical (unpaired) electrons. The summed E-state index contributed by atoms with van der Waals surface area (Å²) in [4.78, 5) is 11.9. The molecule has 26 heavy (non-hydrogen) atoms. The number of halogens is 1. The van der Waals surface area contributed by atoms with Gasteiger partial charge in [-0.05, 0) is 55.5 Å². The summed E-state index contributed by atoms with van der Waals surface area (Å²) >= 11 is 0. The van der Waals surface area contributed by atoms with Crippen LogP contribution in [-0.2, 0) is 9.53 Å². The number of carbonyl (C=O) groups is 1. The highest BCUT2D eigenvalue weighted by Gasteiger charge is 2.11. The lowest BCUT2D eigenvalue weighted by molar-refractivity contribution is -0.118. The van der Waals surface area contributed by atoms with E-state index in [-0.39, 0.29) is 30.8 Å². The molecule has 0 fully saturated rings. The van der Waals surface area contributed by atoms with Gasteiger partial charge in [-0.2, -0.15) is 0 Å². The van der Waals surface area contributed by atoms with E-state index in [4.69, 9.17) is 19.9 Å². The zero-order valence-corrected chi connectivity index (χ0v) is 15.8. The van der Waals surface area contributed by atoms with Gasteiger partial charge in [-0.3, -0.25) is 4.79 Å². The van der Waals surface area contributed by atoms with Crippen molar-refractivity contribution in [1.29, 1.82) is 0 Å². The van der Waals surface area contributed by atoms with Gasteiger partial charge in [0, 0.05) is 19.3 Å². The second kappa shape index (κ2) is 11.4. The Morgan fingerprint density at radius 1 is 1.04 bits per heavy atom. The molecule has 2 aromatic carbocycles. The molecule has 0 spiro atoms. The van der Waals surface area contributed by atoms with Crippen molar-refractivity contribution in [3.8, 4) is 17.2 Å². The van der Waals surface area contributed by atoms with Gasteiger partial charge in [-0.25, -0.2) is 0 Å². The Labute approximate surface area is 160 Å². The zero-order chi connectivity index (χ0) is 18.1. The molecule has 1 unspecified atom stereocenters. The first-order valence-corrected chi connectivity index (χ1v) is 8.18. The Kier molecular flexibility index (Phi) is 9.51. The maximum Gasteiger partial charge on any atom is 0.227 e. The fraction of sp³-hybridized carbons (Fsp3) is 0.316. The second-order valence-electron chi connectivity index (χ2n) is 5.38. The fourth-order valence-corrected chi connectivity index (χ4v) is 2.19. The Bertz CT molecular complexity index is 658. The van der Waals surface area contributed by atoms with Crippen LogP contribution in [0.3, 0.4) is 0 Å². The number of nitrogens with two attached hydrogens (primary N) is 1. The van der Waals surface area contributed by atoms with Gasteiger partial charge in [-0.15, -0.1) is 12.4 Å². The van der Waals surface area contributed by atoms with Crippen LogP contribution in [0, 0.1) is 0 Å². The first-order chi connectivity index (χ1) is 12.1. The Hall–Kier alpha value is -2.28. The first-order valence-electron chi connectivity index (χ1n) is 8.18. The Balaban J connectivity index is 0.00000338. The van der Waals surface area contributed by atoms with Crippen molar-refractivity contribution in [1.82, 2.24) is 0 Å². The smallest absolute Gasteiger partial charge is 0.227 e. The van der Waals surface area contributed by atoms with E-state index in [2.05, 4.69) is 5.32 Å². The van der Waals surface area contributed by atoms with E-state index in [1.54, 1.807) is 24.3 Å². The van der Waals surface area contributed by atoms with E-state index in [0.29, 0.717) is 30.3 Å². The third-order valence-corrected chi connectivity index (χ3v) is 3.52. The first kappa shape index (κ1) is 21.8. The molecule has 0 bridgehead atoms. The number of hydrogen-bond donors (Lipinski definition) is 2. The minimum Gasteiger partial charge on any atom is -0.494 e. The van der Waals surface area contributed by atoms with E-state index < -0.39 is 0 Å². The summed E-state index contributed by atoms with van der Waals surface area (Å²) in [5, 5.41) is 2.81. The Morgan fingerprint density at radius 2 is 1.58 bits per heavy atom. The van der Waals surface area contributed by atoms with E-state index in [1.165, 1.54) is 7.11 Å². The van der Waals surface area contributed by atoms with Gasteiger partial charge in [-0.1, -0.05) is 0 Å². The second-order valence-corrected chi connectivity index (χ2v) is 5.38. The summed E-state index contributed by atoms with van der Waals surface area (Å²) < 4.78 is 16.3. The standard InChI is InChI=1S/C19H24N2O4.ClH/c1-3-24-15-8-10-17(11-9-15)25-16-6-4-14(5-7-16)21-19(22)12-18(13-20)23-2;/h4-11,18H,3,12-13,20H2,1-2H3,(H,21,22);1H. The van der Waals surface area contributed by atoms with Crippen LogP contribution in [0.4, 0.5) is 5.69 Å². The number of nitrogens with one attached hydrogen (secondary N) is 1. The van der Waals surface area contributed by atoms with Gasteiger partial charge in [0.05, 0.1) is 19.1 Å². The van der Waals surface area contributed by atoms with Crippen LogP contribution in [0.25, 0.3) is 0 Å². The molecule has 0 aliphatic carbocycles. The highest BCUT2D eigenvalue weighted by Crippen LogP contribution is 2.25. The monoisotopic (exact) mass is 380 g/mol. The van der Waals surface area contributed by atoms with Crippen LogP contribution in [0.5, 0.6) is 17.2 Å². The molecule has 2 rings (SSSR count). The molecule has 0 saturated heterocycles. The highest BCUT2D eigenvalue weighted by molar-refractivity contribution is 5.91. The molecule has 0 aliphatic heterocycles. The normalized spacial score (nSPS) is 11.2. The highest BCUT2D eigenvalue weighted by atomic mass is 35.5. The maximum atomic E-state index is 11.9. The number of ether oxygens (including phenoxy) is 3. The average Bonchev–Trinajstić information content (AvgIpc) is 2.63. The number of carbonyl (C=O) groups excluding carboxylic acids is 1. The molecule has 0 heterocycles. The number of methoxy groups -OCH3 is 1. The van der Waals surface area contributed by atoms with Crippen LogP contribution in [0.1, 0.15) is 13.3 Å². The minimum absolute atomic E-state index is 0. The minimum atomic E-state index is -0.276. The van der Waals surface area contributed by atoms with Crippen molar-refractivity contribution in [3.05, 3.63) is 48.5 Å². The summed E-state index contributed by atoms with van der Waals surface area (Å²) in [5.74, 6) is 2.06. The van der Waals surface area contributed by atoms with Crippen LogP contribution in [-0.4, -0.2) is 32.3 Å². The molecule has 0 aliphatic rings. The number of amides is 1. The summed E-state index contributed by atoms with van der Waals surface area (Å²) in [6.45, 7) is 2.87. The molecule has 1 atom stereocenters. The van der Waals surface area contributed by atoms with Crippen LogP contribution in [0.2, 0.25) is 0 Å². The number of anilines is 1. The number of rotatable bonds is 9. The predicted octanol–water partition coefficient (Wildman–Crippen LogP) is 3.60. The summed E-state index contributed by atoms with van der Waals surface area (Å²) in [7, 11) is 1.54. The van der Waals surface area contributed by atoms with Crippen molar-refractivity contribution in [3.63, 3.8) is 0 Å². The van der Waals surface area contributed by atoms with Crippen LogP contribution in [0.15, 0.2) is 48.5 Å². The van der Waals surface area contributed by atoms with Gasteiger partial charge >= 0.3 is 0 Å². The molecule has 6 nitrogen and oxygen atoms in total. The third-order valence-electron chi connectivity index (χ3n) is 3.52. The van der Waals surface area contributed by atoms with Gasteiger partial charge < -0.3 is 25.3 Å².